The third-order valence-corrected chi connectivity index (χ3v) is 2.38. The molecule has 0 atom stereocenters. The third kappa shape index (κ3) is 2.75. The molecule has 0 saturated carbocycles. The number of aliphatic hydroxyl groups excluding tert-OH is 1. The number of methoxy groups -OCH3 is 1. The summed E-state index contributed by atoms with van der Waals surface area (Å²) < 4.78 is 10.7. The van der Waals surface area contributed by atoms with Crippen molar-refractivity contribution in [1.82, 2.24) is 9.97 Å². The summed E-state index contributed by atoms with van der Waals surface area (Å²) in [6.07, 6.45) is 3.03. The van der Waals surface area contributed by atoms with E-state index in [4.69, 9.17) is 14.6 Å². The van der Waals surface area contributed by atoms with Gasteiger partial charge in [-0.3, -0.25) is 0 Å². The van der Waals surface area contributed by atoms with Gasteiger partial charge in [-0.2, -0.15) is 0 Å². The molecular weight excluding hydrogens is 232 g/mol. The van der Waals surface area contributed by atoms with E-state index in [2.05, 4.69) is 9.97 Å². The molecule has 1 aromatic carbocycles. The van der Waals surface area contributed by atoms with E-state index in [0.717, 1.165) is 5.56 Å². The fraction of sp³-hybridized carbons (Fsp3) is 0.231. The molecule has 0 bridgehead atoms. The van der Waals surface area contributed by atoms with Gasteiger partial charge in [-0.15, -0.1) is 0 Å². The zero-order chi connectivity index (χ0) is 13.0. The molecule has 1 aromatic heterocycles. The highest BCUT2D eigenvalue weighted by atomic mass is 16.5. The van der Waals surface area contributed by atoms with Crippen molar-refractivity contribution in [2.24, 2.45) is 0 Å². The van der Waals surface area contributed by atoms with Crippen LogP contribution in [0, 0.1) is 6.92 Å². The van der Waals surface area contributed by atoms with Crippen molar-refractivity contribution in [1.29, 1.82) is 0 Å². The predicted octanol–water partition coefficient (Wildman–Crippen LogP) is 2.08. The SMILES string of the molecule is COc1cc(C)ccc1Oc1ncc(CO)cn1. The quantitative estimate of drug-likeness (QED) is 0.894. The van der Waals surface area contributed by atoms with E-state index in [1.165, 1.54) is 12.4 Å². The Morgan fingerprint density at radius 1 is 1.17 bits per heavy atom. The van der Waals surface area contributed by atoms with Gasteiger partial charge in [0, 0.05) is 18.0 Å². The van der Waals surface area contributed by atoms with Gasteiger partial charge in [0.2, 0.25) is 0 Å². The smallest absolute Gasteiger partial charge is 0.322 e. The number of nitrogens with zero attached hydrogens (tertiary/aromatic N) is 2. The first-order chi connectivity index (χ1) is 8.72. The van der Waals surface area contributed by atoms with Gasteiger partial charge < -0.3 is 14.6 Å². The van der Waals surface area contributed by atoms with Crippen molar-refractivity contribution in [3.63, 3.8) is 0 Å². The maximum absolute atomic E-state index is 8.89. The fourth-order valence-corrected chi connectivity index (χ4v) is 1.43. The molecular formula is C13H14N2O3. The van der Waals surface area contributed by atoms with Crippen LogP contribution in [0.2, 0.25) is 0 Å². The maximum Gasteiger partial charge on any atom is 0.322 e. The second-order valence-electron chi connectivity index (χ2n) is 3.79. The van der Waals surface area contributed by atoms with Crippen LogP contribution in [-0.4, -0.2) is 22.2 Å². The molecule has 1 N–H and O–H groups in total. The summed E-state index contributed by atoms with van der Waals surface area (Å²) in [5.74, 6) is 1.18. The van der Waals surface area contributed by atoms with E-state index in [0.29, 0.717) is 17.1 Å². The van der Waals surface area contributed by atoms with Crippen LogP contribution in [0.15, 0.2) is 30.6 Å². The Balaban J connectivity index is 2.22. The largest absolute Gasteiger partial charge is 0.493 e. The number of aryl methyl sites for hydroxylation is 1. The lowest BCUT2D eigenvalue weighted by Crippen LogP contribution is -1.96. The Morgan fingerprint density at radius 2 is 1.89 bits per heavy atom. The van der Waals surface area contributed by atoms with Crippen LogP contribution in [0.25, 0.3) is 0 Å². The number of ether oxygens (including phenoxy) is 2. The molecule has 0 amide bonds. The number of hydrogen-bond donors (Lipinski definition) is 1. The normalized spacial score (nSPS) is 10.2. The summed E-state index contributed by atoms with van der Waals surface area (Å²) in [5.41, 5.74) is 1.72. The highest BCUT2D eigenvalue weighted by Gasteiger charge is 2.07. The summed E-state index contributed by atoms with van der Waals surface area (Å²) in [6.45, 7) is 1.88. The summed E-state index contributed by atoms with van der Waals surface area (Å²) in [7, 11) is 1.58. The van der Waals surface area contributed by atoms with Gasteiger partial charge >= 0.3 is 6.01 Å². The molecule has 18 heavy (non-hydrogen) atoms. The molecule has 0 radical (unpaired) electrons. The van der Waals surface area contributed by atoms with Crippen LogP contribution in [-0.2, 0) is 6.61 Å². The van der Waals surface area contributed by atoms with E-state index in [-0.39, 0.29) is 12.6 Å². The first-order valence-corrected chi connectivity index (χ1v) is 5.47. The molecule has 0 saturated heterocycles. The standard InChI is InChI=1S/C13H14N2O3/c1-9-3-4-11(12(5-9)17-2)18-13-14-6-10(8-16)7-15-13/h3-7,16H,8H2,1-2H3. The van der Waals surface area contributed by atoms with Gasteiger partial charge in [0.25, 0.3) is 0 Å². The van der Waals surface area contributed by atoms with E-state index in [1.54, 1.807) is 13.2 Å². The van der Waals surface area contributed by atoms with E-state index in [9.17, 15) is 0 Å². The number of hydrogen-bond acceptors (Lipinski definition) is 5. The Hall–Kier alpha value is -2.14. The summed E-state index contributed by atoms with van der Waals surface area (Å²) in [6, 6.07) is 5.81. The van der Waals surface area contributed by atoms with Gasteiger partial charge in [0.05, 0.1) is 13.7 Å². The molecule has 0 aliphatic rings. The van der Waals surface area contributed by atoms with Crippen molar-refractivity contribution >= 4 is 0 Å². The Bertz CT molecular complexity index is 526. The second kappa shape index (κ2) is 5.46. The average Bonchev–Trinajstić information content (AvgIpc) is 2.41. The molecule has 0 spiro atoms. The van der Waals surface area contributed by atoms with Gasteiger partial charge in [-0.05, 0) is 24.6 Å². The highest BCUT2D eigenvalue weighted by molar-refractivity contribution is 5.43. The molecule has 0 unspecified atom stereocenters. The number of rotatable bonds is 4. The first kappa shape index (κ1) is 12.3. The minimum absolute atomic E-state index is 0.0892. The van der Waals surface area contributed by atoms with E-state index >= 15 is 0 Å². The number of benzene rings is 1. The van der Waals surface area contributed by atoms with Crippen LogP contribution in [0.3, 0.4) is 0 Å². The van der Waals surface area contributed by atoms with E-state index in [1.807, 2.05) is 19.1 Å². The molecule has 0 aliphatic carbocycles. The lowest BCUT2D eigenvalue weighted by Gasteiger charge is -2.09. The van der Waals surface area contributed by atoms with Gasteiger partial charge in [0.15, 0.2) is 11.5 Å². The molecule has 0 fully saturated rings. The van der Waals surface area contributed by atoms with Crippen molar-refractivity contribution < 1.29 is 14.6 Å². The Kier molecular flexibility index (Phi) is 3.74. The Morgan fingerprint density at radius 3 is 2.50 bits per heavy atom. The summed E-state index contributed by atoms with van der Waals surface area (Å²) in [5, 5.41) is 8.89. The van der Waals surface area contributed by atoms with Gasteiger partial charge in [0.1, 0.15) is 0 Å². The predicted molar refractivity (Wildman–Crippen MR) is 65.8 cm³/mol. The molecule has 94 valence electrons. The molecule has 2 rings (SSSR count). The van der Waals surface area contributed by atoms with Crippen molar-refractivity contribution in [3.05, 3.63) is 41.7 Å². The minimum Gasteiger partial charge on any atom is -0.493 e. The zero-order valence-corrected chi connectivity index (χ0v) is 10.3. The third-order valence-electron chi connectivity index (χ3n) is 2.38. The zero-order valence-electron chi connectivity index (χ0n) is 10.3. The summed E-state index contributed by atoms with van der Waals surface area (Å²) >= 11 is 0. The highest BCUT2D eigenvalue weighted by Crippen LogP contribution is 2.30. The first-order valence-electron chi connectivity index (χ1n) is 5.47. The van der Waals surface area contributed by atoms with Crippen LogP contribution in [0.1, 0.15) is 11.1 Å². The molecule has 1 heterocycles. The van der Waals surface area contributed by atoms with Gasteiger partial charge in [-0.1, -0.05) is 6.07 Å². The Labute approximate surface area is 105 Å². The van der Waals surface area contributed by atoms with E-state index < -0.39 is 0 Å². The summed E-state index contributed by atoms with van der Waals surface area (Å²) in [4.78, 5) is 7.99. The van der Waals surface area contributed by atoms with Crippen molar-refractivity contribution in [2.45, 2.75) is 13.5 Å². The van der Waals surface area contributed by atoms with Crippen LogP contribution >= 0.6 is 0 Å². The number of aromatic nitrogens is 2. The van der Waals surface area contributed by atoms with Crippen LogP contribution in [0.4, 0.5) is 0 Å². The minimum atomic E-state index is -0.0892. The molecule has 5 nitrogen and oxygen atoms in total. The molecule has 0 aliphatic heterocycles. The fourth-order valence-electron chi connectivity index (χ4n) is 1.43. The van der Waals surface area contributed by atoms with Crippen LogP contribution < -0.4 is 9.47 Å². The topological polar surface area (TPSA) is 64.5 Å². The maximum atomic E-state index is 8.89. The molecule has 2 aromatic rings. The lowest BCUT2D eigenvalue weighted by atomic mass is 10.2. The second-order valence-corrected chi connectivity index (χ2v) is 3.79. The van der Waals surface area contributed by atoms with Crippen LogP contribution in [0.5, 0.6) is 17.5 Å². The van der Waals surface area contributed by atoms with Crippen molar-refractivity contribution in [3.8, 4) is 17.5 Å². The monoisotopic (exact) mass is 246 g/mol. The molecule has 5 heteroatoms. The number of aliphatic hydroxyl groups is 1. The average molecular weight is 246 g/mol. The van der Waals surface area contributed by atoms with Gasteiger partial charge in [-0.25, -0.2) is 9.97 Å². The van der Waals surface area contributed by atoms with Crippen molar-refractivity contribution in [2.75, 3.05) is 7.11 Å². The lowest BCUT2D eigenvalue weighted by molar-refractivity contribution is 0.280.